The van der Waals surface area contributed by atoms with Crippen LogP contribution in [0, 0.1) is 6.92 Å². The molecule has 226 valence electrons. The fraction of sp³-hybridized carbons (Fsp3) is 0.433. The molecule has 4 rings (SSSR count). The van der Waals surface area contributed by atoms with Crippen LogP contribution in [-0.2, 0) is 15.4 Å². The number of hydrogen-bond donors (Lipinski definition) is 2. The number of carbonyl (C=O) groups is 1. The van der Waals surface area contributed by atoms with E-state index in [0.717, 1.165) is 36.9 Å². The second kappa shape index (κ2) is 12.1. The van der Waals surface area contributed by atoms with E-state index in [4.69, 9.17) is 9.47 Å². The van der Waals surface area contributed by atoms with E-state index in [-0.39, 0.29) is 16.9 Å². The van der Waals surface area contributed by atoms with Crippen LogP contribution < -0.4 is 24.4 Å². The lowest BCUT2D eigenvalue weighted by Gasteiger charge is -2.24. The first-order valence-corrected chi connectivity index (χ1v) is 15.6. The number of methoxy groups -OCH3 is 1. The summed E-state index contributed by atoms with van der Waals surface area (Å²) in [7, 11) is 1.97. The molecule has 42 heavy (non-hydrogen) atoms. The zero-order valence-corrected chi connectivity index (χ0v) is 26.3. The summed E-state index contributed by atoms with van der Waals surface area (Å²) in [5.74, 6) is 1.26. The van der Waals surface area contributed by atoms with Gasteiger partial charge in [0.1, 0.15) is 5.75 Å². The number of benzene rings is 2. The van der Waals surface area contributed by atoms with Crippen LogP contribution in [-0.4, -0.2) is 75.8 Å². The molecule has 0 unspecified atom stereocenters. The summed E-state index contributed by atoms with van der Waals surface area (Å²) in [6, 6.07) is 10.8. The molecule has 1 aliphatic rings. The molecule has 0 radical (unpaired) electrons. The SMILES string of the molecule is COc1c(NC(=O)c2ccc(C)c(Oc3ccnc(N4CC[C@@H](N(C)C)C4)n3)c2)cc(C(C)(C)C)cc1NS(C)(=O)=O. The third-order valence-corrected chi connectivity index (χ3v) is 7.75. The summed E-state index contributed by atoms with van der Waals surface area (Å²) >= 11 is 0. The molecule has 1 saturated heterocycles. The van der Waals surface area contributed by atoms with Crippen molar-refractivity contribution in [2.75, 3.05) is 55.5 Å². The number of nitrogens with zero attached hydrogens (tertiary/aromatic N) is 4. The molecule has 1 aromatic heterocycles. The first kappa shape index (κ1) is 31.0. The molecule has 1 amide bonds. The Labute approximate surface area is 248 Å². The minimum absolute atomic E-state index is 0.206. The minimum Gasteiger partial charge on any atom is -0.492 e. The van der Waals surface area contributed by atoms with Gasteiger partial charge in [0, 0.05) is 37.0 Å². The molecule has 0 saturated carbocycles. The third-order valence-electron chi connectivity index (χ3n) is 7.16. The molecule has 12 heteroatoms. The fourth-order valence-electron chi connectivity index (χ4n) is 4.70. The quantitative estimate of drug-likeness (QED) is 0.363. The van der Waals surface area contributed by atoms with Gasteiger partial charge in [-0.1, -0.05) is 26.8 Å². The highest BCUT2D eigenvalue weighted by Crippen LogP contribution is 2.39. The van der Waals surface area contributed by atoms with Gasteiger partial charge in [-0.25, -0.2) is 13.4 Å². The Morgan fingerprint density at radius 3 is 2.45 bits per heavy atom. The Balaban J connectivity index is 1.60. The van der Waals surface area contributed by atoms with Crippen molar-refractivity contribution in [2.24, 2.45) is 0 Å². The lowest BCUT2D eigenvalue weighted by atomic mass is 9.86. The molecule has 2 N–H and O–H groups in total. The van der Waals surface area contributed by atoms with Gasteiger partial charge in [0.25, 0.3) is 5.91 Å². The molecular formula is C30H40N6O5S. The van der Waals surface area contributed by atoms with Crippen molar-refractivity contribution in [1.29, 1.82) is 0 Å². The van der Waals surface area contributed by atoms with Gasteiger partial charge < -0.3 is 24.6 Å². The van der Waals surface area contributed by atoms with E-state index in [2.05, 4.69) is 43.9 Å². The Kier molecular flexibility index (Phi) is 8.98. The van der Waals surface area contributed by atoms with Gasteiger partial charge in [0.2, 0.25) is 21.9 Å². The van der Waals surface area contributed by atoms with Crippen LogP contribution in [0.5, 0.6) is 17.4 Å². The summed E-state index contributed by atoms with van der Waals surface area (Å²) in [6.45, 7) is 9.58. The maximum absolute atomic E-state index is 13.5. The van der Waals surface area contributed by atoms with Crippen molar-refractivity contribution in [1.82, 2.24) is 14.9 Å². The largest absolute Gasteiger partial charge is 0.492 e. The van der Waals surface area contributed by atoms with Gasteiger partial charge in [-0.2, -0.15) is 4.98 Å². The van der Waals surface area contributed by atoms with Crippen LogP contribution in [0.4, 0.5) is 17.3 Å². The minimum atomic E-state index is -3.60. The second-order valence-electron chi connectivity index (χ2n) is 11.8. The number of aryl methyl sites for hydroxylation is 1. The van der Waals surface area contributed by atoms with Crippen LogP contribution >= 0.6 is 0 Å². The van der Waals surface area contributed by atoms with E-state index in [1.165, 1.54) is 7.11 Å². The standard InChI is InChI=1S/C30H40N6O5S/c1-19-9-10-20(15-25(19)41-26-11-13-31-29(33-26)36-14-12-22(18-36)35(5)6)28(37)32-23-16-21(30(2,3)4)17-24(27(23)40-7)34-42(8,38)39/h9-11,13,15-17,22,34H,12,14,18H2,1-8H3,(H,32,37)/t22-/m1/s1. The van der Waals surface area contributed by atoms with E-state index in [0.29, 0.717) is 34.9 Å². The normalized spacial score (nSPS) is 15.5. The summed E-state index contributed by atoms with van der Waals surface area (Å²) < 4.78 is 38.3. The highest BCUT2D eigenvalue weighted by atomic mass is 32.2. The van der Waals surface area contributed by atoms with Gasteiger partial charge in [0.15, 0.2) is 5.75 Å². The number of nitrogens with one attached hydrogen (secondary N) is 2. The average Bonchev–Trinajstić information content (AvgIpc) is 3.39. The molecule has 3 aromatic rings. The maximum Gasteiger partial charge on any atom is 0.255 e. The van der Waals surface area contributed by atoms with Crippen molar-refractivity contribution in [2.45, 2.75) is 45.6 Å². The van der Waals surface area contributed by atoms with Gasteiger partial charge >= 0.3 is 0 Å². The number of aromatic nitrogens is 2. The van der Waals surface area contributed by atoms with Gasteiger partial charge in [-0.3, -0.25) is 9.52 Å². The van der Waals surface area contributed by atoms with Crippen LogP contribution in [0.3, 0.4) is 0 Å². The molecule has 11 nitrogen and oxygen atoms in total. The Bertz CT molecular complexity index is 1570. The fourth-order valence-corrected chi connectivity index (χ4v) is 5.25. The number of ether oxygens (including phenoxy) is 2. The predicted molar refractivity (Wildman–Crippen MR) is 166 cm³/mol. The van der Waals surface area contributed by atoms with Gasteiger partial charge in [0.05, 0.1) is 24.7 Å². The highest BCUT2D eigenvalue weighted by molar-refractivity contribution is 7.92. The first-order chi connectivity index (χ1) is 19.6. The summed E-state index contributed by atoms with van der Waals surface area (Å²) in [4.78, 5) is 26.9. The molecule has 0 bridgehead atoms. The third kappa shape index (κ3) is 7.48. The molecule has 2 aromatic carbocycles. The van der Waals surface area contributed by atoms with Gasteiger partial charge in [-0.15, -0.1) is 0 Å². The number of sulfonamides is 1. The van der Waals surface area contributed by atoms with Crippen molar-refractivity contribution >= 4 is 33.3 Å². The Morgan fingerprint density at radius 2 is 1.83 bits per heavy atom. The number of amides is 1. The lowest BCUT2D eigenvalue weighted by Crippen LogP contribution is -2.32. The first-order valence-electron chi connectivity index (χ1n) is 13.7. The topological polar surface area (TPSA) is 126 Å². The molecule has 0 spiro atoms. The van der Waals surface area contributed by atoms with E-state index in [9.17, 15) is 13.2 Å². The Morgan fingerprint density at radius 1 is 1.12 bits per heavy atom. The molecule has 1 atom stereocenters. The smallest absolute Gasteiger partial charge is 0.255 e. The monoisotopic (exact) mass is 596 g/mol. The molecule has 0 aliphatic carbocycles. The van der Waals surface area contributed by atoms with Gasteiger partial charge in [-0.05, 0) is 68.2 Å². The number of rotatable bonds is 9. The lowest BCUT2D eigenvalue weighted by molar-refractivity contribution is 0.102. The summed E-state index contributed by atoms with van der Waals surface area (Å²) in [5.41, 5.74) is 2.23. The number of hydrogen-bond acceptors (Lipinski definition) is 9. The number of anilines is 3. The molecule has 1 fully saturated rings. The van der Waals surface area contributed by atoms with Crippen LogP contribution in [0.1, 0.15) is 48.7 Å². The number of likely N-dealkylation sites (N-methyl/N-ethyl adjacent to an activating group) is 1. The Hall–Kier alpha value is -3.90. The van der Waals surface area contributed by atoms with E-state index in [1.54, 1.807) is 42.6 Å². The zero-order valence-electron chi connectivity index (χ0n) is 25.5. The van der Waals surface area contributed by atoms with E-state index >= 15 is 0 Å². The van der Waals surface area contributed by atoms with E-state index in [1.807, 2.05) is 27.7 Å². The predicted octanol–water partition coefficient (Wildman–Crippen LogP) is 4.65. The van der Waals surface area contributed by atoms with Crippen molar-refractivity contribution in [3.8, 4) is 17.4 Å². The highest BCUT2D eigenvalue weighted by Gasteiger charge is 2.26. The molecule has 2 heterocycles. The van der Waals surface area contributed by atoms with Crippen molar-refractivity contribution < 1.29 is 22.7 Å². The van der Waals surface area contributed by atoms with Crippen molar-refractivity contribution in [3.05, 3.63) is 59.3 Å². The van der Waals surface area contributed by atoms with Crippen LogP contribution in [0.2, 0.25) is 0 Å². The zero-order chi connectivity index (χ0) is 30.8. The maximum atomic E-state index is 13.5. The van der Waals surface area contributed by atoms with Crippen LogP contribution in [0.25, 0.3) is 0 Å². The summed E-state index contributed by atoms with van der Waals surface area (Å²) in [5, 5.41) is 2.90. The van der Waals surface area contributed by atoms with Crippen LogP contribution in [0.15, 0.2) is 42.6 Å². The van der Waals surface area contributed by atoms with Crippen molar-refractivity contribution in [3.63, 3.8) is 0 Å². The molecular weight excluding hydrogens is 556 g/mol. The second-order valence-corrected chi connectivity index (χ2v) is 13.6. The number of carbonyl (C=O) groups excluding carboxylic acids is 1. The molecule has 1 aliphatic heterocycles. The van der Waals surface area contributed by atoms with E-state index < -0.39 is 15.9 Å². The average molecular weight is 597 g/mol. The summed E-state index contributed by atoms with van der Waals surface area (Å²) in [6.07, 6.45) is 3.77.